The monoisotopic (exact) mass is 553 g/mol. The molecular formula is C23H32IN5O3. The van der Waals surface area contributed by atoms with E-state index in [0.29, 0.717) is 12.3 Å². The molecule has 0 bridgehead atoms. The van der Waals surface area contributed by atoms with Crippen LogP contribution in [0.5, 0.6) is 11.5 Å². The SMILES string of the molecule is CCNC(=NCc1cccc(OCC(N)=O)c1)NC1CCN(c2ccccc2OC)C1.I. The number of halogens is 1. The molecule has 1 saturated heterocycles. The van der Waals surface area contributed by atoms with Crippen LogP contribution in [0.4, 0.5) is 5.69 Å². The molecule has 0 saturated carbocycles. The van der Waals surface area contributed by atoms with Gasteiger partial charge in [0.15, 0.2) is 12.6 Å². The van der Waals surface area contributed by atoms with Crippen LogP contribution < -0.4 is 30.7 Å². The van der Waals surface area contributed by atoms with Crippen LogP contribution in [0, 0.1) is 0 Å². The first-order valence-electron chi connectivity index (χ1n) is 10.5. The Morgan fingerprint density at radius 1 is 1.25 bits per heavy atom. The number of nitrogens with one attached hydrogen (secondary N) is 2. The summed E-state index contributed by atoms with van der Waals surface area (Å²) >= 11 is 0. The van der Waals surface area contributed by atoms with Crippen molar-refractivity contribution in [2.45, 2.75) is 25.9 Å². The van der Waals surface area contributed by atoms with Gasteiger partial charge in [-0.1, -0.05) is 24.3 Å². The zero-order valence-corrected chi connectivity index (χ0v) is 20.9. The molecule has 3 rings (SSSR count). The van der Waals surface area contributed by atoms with Crippen molar-refractivity contribution < 1.29 is 14.3 Å². The summed E-state index contributed by atoms with van der Waals surface area (Å²) < 4.78 is 10.9. The number of ether oxygens (including phenoxy) is 2. The molecule has 1 fully saturated rings. The molecule has 0 spiro atoms. The van der Waals surface area contributed by atoms with Crippen LogP contribution in [0.15, 0.2) is 53.5 Å². The van der Waals surface area contributed by atoms with E-state index in [9.17, 15) is 4.79 Å². The number of nitrogens with zero attached hydrogens (tertiary/aromatic N) is 2. The molecule has 4 N–H and O–H groups in total. The Bertz CT molecular complexity index is 909. The van der Waals surface area contributed by atoms with Gasteiger partial charge in [-0.3, -0.25) is 4.79 Å². The minimum Gasteiger partial charge on any atom is -0.495 e. The standard InChI is InChI=1S/C23H31N5O3.HI/c1-3-25-23(26-14-17-7-6-8-19(13-17)31-16-22(24)29)27-18-11-12-28(15-18)20-9-4-5-10-21(20)30-2;/h4-10,13,18H,3,11-12,14-16H2,1-2H3,(H2,24,29)(H2,25,26,27);1H. The largest absolute Gasteiger partial charge is 0.495 e. The van der Waals surface area contributed by atoms with E-state index in [4.69, 9.17) is 20.2 Å². The predicted octanol–water partition coefficient (Wildman–Crippen LogP) is 2.51. The molecule has 8 nitrogen and oxygen atoms in total. The van der Waals surface area contributed by atoms with Gasteiger partial charge in [0, 0.05) is 25.7 Å². The summed E-state index contributed by atoms with van der Waals surface area (Å²) in [5.41, 5.74) is 7.24. The van der Waals surface area contributed by atoms with Crippen molar-refractivity contribution in [3.8, 4) is 11.5 Å². The van der Waals surface area contributed by atoms with E-state index in [1.165, 1.54) is 0 Å². The molecule has 1 heterocycles. The van der Waals surface area contributed by atoms with E-state index in [-0.39, 0.29) is 36.6 Å². The number of aliphatic imine (C=N–C) groups is 1. The Morgan fingerprint density at radius 3 is 2.81 bits per heavy atom. The van der Waals surface area contributed by atoms with Gasteiger partial charge in [0.05, 0.1) is 19.3 Å². The van der Waals surface area contributed by atoms with Crippen molar-refractivity contribution >= 4 is 41.5 Å². The number of hydrogen-bond acceptors (Lipinski definition) is 5. The maximum atomic E-state index is 10.9. The minimum atomic E-state index is -0.499. The van der Waals surface area contributed by atoms with E-state index in [1.54, 1.807) is 13.2 Å². The smallest absolute Gasteiger partial charge is 0.255 e. The number of rotatable bonds is 9. The Morgan fingerprint density at radius 2 is 2.06 bits per heavy atom. The van der Waals surface area contributed by atoms with Gasteiger partial charge >= 0.3 is 0 Å². The molecule has 2 aromatic rings. The molecule has 1 aliphatic heterocycles. The molecule has 174 valence electrons. The van der Waals surface area contributed by atoms with Crippen LogP contribution in [0.2, 0.25) is 0 Å². The fraction of sp³-hybridized carbons (Fsp3) is 0.391. The van der Waals surface area contributed by atoms with Gasteiger partial charge in [0.25, 0.3) is 5.91 Å². The van der Waals surface area contributed by atoms with Crippen molar-refractivity contribution in [2.75, 3.05) is 38.3 Å². The highest BCUT2D eigenvalue weighted by Gasteiger charge is 2.25. The molecule has 1 atom stereocenters. The lowest BCUT2D eigenvalue weighted by Gasteiger charge is -2.22. The normalized spacial score (nSPS) is 15.6. The number of amides is 1. The average Bonchev–Trinajstić information content (AvgIpc) is 3.25. The first-order valence-corrected chi connectivity index (χ1v) is 10.5. The molecule has 1 aliphatic rings. The Labute approximate surface area is 206 Å². The van der Waals surface area contributed by atoms with E-state index in [1.807, 2.05) is 43.3 Å². The van der Waals surface area contributed by atoms with Crippen LogP contribution in [0.25, 0.3) is 0 Å². The lowest BCUT2D eigenvalue weighted by Crippen LogP contribution is -2.44. The number of nitrogens with two attached hydrogens (primary N) is 1. The van der Waals surface area contributed by atoms with E-state index < -0.39 is 5.91 Å². The lowest BCUT2D eigenvalue weighted by molar-refractivity contribution is -0.119. The van der Waals surface area contributed by atoms with Gasteiger partial charge in [0.2, 0.25) is 0 Å². The Hall–Kier alpha value is -2.69. The van der Waals surface area contributed by atoms with Crippen molar-refractivity contribution in [3.05, 3.63) is 54.1 Å². The van der Waals surface area contributed by atoms with Crippen molar-refractivity contribution in [1.29, 1.82) is 0 Å². The van der Waals surface area contributed by atoms with Gasteiger partial charge in [-0.2, -0.15) is 0 Å². The van der Waals surface area contributed by atoms with Crippen molar-refractivity contribution in [1.82, 2.24) is 10.6 Å². The second-order valence-corrected chi connectivity index (χ2v) is 7.35. The summed E-state index contributed by atoms with van der Waals surface area (Å²) in [6, 6.07) is 15.9. The Kier molecular flexibility index (Phi) is 10.4. The first-order chi connectivity index (χ1) is 15.1. The molecule has 0 aromatic heterocycles. The van der Waals surface area contributed by atoms with Crippen LogP contribution in [-0.4, -0.2) is 51.3 Å². The predicted molar refractivity (Wildman–Crippen MR) is 138 cm³/mol. The highest BCUT2D eigenvalue weighted by molar-refractivity contribution is 14.0. The number of benzene rings is 2. The third-order valence-electron chi connectivity index (χ3n) is 5.00. The average molecular weight is 553 g/mol. The zero-order chi connectivity index (χ0) is 22.1. The quantitative estimate of drug-likeness (QED) is 0.251. The molecule has 32 heavy (non-hydrogen) atoms. The number of carbonyl (C=O) groups is 1. The maximum absolute atomic E-state index is 10.9. The first kappa shape index (κ1) is 25.6. The highest BCUT2D eigenvalue weighted by atomic mass is 127. The van der Waals surface area contributed by atoms with Gasteiger partial charge in [-0.05, 0) is 43.2 Å². The van der Waals surface area contributed by atoms with Crippen molar-refractivity contribution in [2.24, 2.45) is 10.7 Å². The second-order valence-electron chi connectivity index (χ2n) is 7.35. The third kappa shape index (κ3) is 7.47. The minimum absolute atomic E-state index is 0. The molecule has 1 unspecified atom stereocenters. The summed E-state index contributed by atoms with van der Waals surface area (Å²) in [6.45, 7) is 5.01. The maximum Gasteiger partial charge on any atom is 0.255 e. The number of methoxy groups -OCH3 is 1. The molecule has 0 aliphatic carbocycles. The summed E-state index contributed by atoms with van der Waals surface area (Å²) in [5, 5.41) is 6.86. The summed E-state index contributed by atoms with van der Waals surface area (Å²) in [5.74, 6) is 1.77. The molecule has 1 amide bonds. The number of carbonyl (C=O) groups excluding carboxylic acids is 1. The number of hydrogen-bond donors (Lipinski definition) is 3. The number of anilines is 1. The van der Waals surface area contributed by atoms with Crippen LogP contribution >= 0.6 is 24.0 Å². The van der Waals surface area contributed by atoms with Crippen LogP contribution in [-0.2, 0) is 11.3 Å². The van der Waals surface area contributed by atoms with E-state index in [2.05, 4.69) is 21.6 Å². The summed E-state index contributed by atoms with van der Waals surface area (Å²) in [7, 11) is 1.70. The topological polar surface area (TPSA) is 101 Å². The fourth-order valence-corrected chi connectivity index (χ4v) is 3.56. The fourth-order valence-electron chi connectivity index (χ4n) is 3.56. The number of primary amides is 1. The summed E-state index contributed by atoms with van der Waals surface area (Å²) in [6.07, 6.45) is 1.01. The van der Waals surface area contributed by atoms with E-state index >= 15 is 0 Å². The highest BCUT2D eigenvalue weighted by Crippen LogP contribution is 2.30. The van der Waals surface area contributed by atoms with Crippen molar-refractivity contribution in [3.63, 3.8) is 0 Å². The van der Waals surface area contributed by atoms with Crippen LogP contribution in [0.1, 0.15) is 18.9 Å². The van der Waals surface area contributed by atoms with Gasteiger partial charge in [-0.25, -0.2) is 4.99 Å². The van der Waals surface area contributed by atoms with Gasteiger partial charge < -0.3 is 30.7 Å². The second kappa shape index (κ2) is 13.0. The molecule has 0 radical (unpaired) electrons. The third-order valence-corrected chi connectivity index (χ3v) is 5.00. The molecule has 9 heteroatoms. The summed E-state index contributed by atoms with van der Waals surface area (Å²) in [4.78, 5) is 18.0. The Balaban J connectivity index is 0.00000363. The molecule has 2 aromatic carbocycles. The number of guanidine groups is 1. The van der Waals surface area contributed by atoms with Crippen LogP contribution in [0.3, 0.4) is 0 Å². The number of para-hydroxylation sites is 2. The molecular weight excluding hydrogens is 521 g/mol. The van der Waals surface area contributed by atoms with E-state index in [0.717, 1.165) is 49.0 Å². The lowest BCUT2D eigenvalue weighted by atomic mass is 10.2. The zero-order valence-electron chi connectivity index (χ0n) is 18.5. The van der Waals surface area contributed by atoms with Gasteiger partial charge in [0.1, 0.15) is 11.5 Å². The van der Waals surface area contributed by atoms with Gasteiger partial charge in [-0.15, -0.1) is 24.0 Å².